The number of rotatable bonds is 2. The molecule has 0 radical (unpaired) electrons. The summed E-state index contributed by atoms with van der Waals surface area (Å²) in [6, 6.07) is 0. The monoisotopic (exact) mass is 186 g/mol. The lowest BCUT2D eigenvalue weighted by Gasteiger charge is -2.01. The van der Waals surface area contributed by atoms with Crippen LogP contribution in [-0.2, 0) is 5.54 Å². The van der Waals surface area contributed by atoms with Gasteiger partial charge in [0.15, 0.2) is 0 Å². The Morgan fingerprint density at radius 2 is 2.45 bits per heavy atom. The molecule has 11 heavy (non-hydrogen) atoms. The van der Waals surface area contributed by atoms with Gasteiger partial charge in [-0.05, 0) is 19.1 Å². The fourth-order valence-electron chi connectivity index (χ4n) is 0.964. The van der Waals surface area contributed by atoms with Gasteiger partial charge in [0.1, 0.15) is 4.34 Å². The van der Waals surface area contributed by atoms with Gasteiger partial charge < -0.3 is 5.73 Å². The first-order chi connectivity index (χ1) is 5.24. The summed E-state index contributed by atoms with van der Waals surface area (Å²) >= 11 is 3.41. The number of nitrogens with zero attached hydrogens (tertiary/aromatic N) is 1. The number of hydrogen-bond acceptors (Lipinski definition) is 4. The van der Waals surface area contributed by atoms with E-state index in [1.807, 2.05) is 12.5 Å². The SMILES string of the molecule is CSc1ncc(C2(N)CC2)s1. The van der Waals surface area contributed by atoms with Gasteiger partial charge in [-0.3, -0.25) is 0 Å². The Hall–Kier alpha value is -0.0600. The highest BCUT2D eigenvalue weighted by Gasteiger charge is 2.41. The van der Waals surface area contributed by atoms with Crippen molar-refractivity contribution in [1.29, 1.82) is 0 Å². The predicted molar refractivity (Wildman–Crippen MR) is 49.0 cm³/mol. The molecule has 1 aromatic heterocycles. The smallest absolute Gasteiger partial charge is 0.149 e. The van der Waals surface area contributed by atoms with Gasteiger partial charge in [-0.15, -0.1) is 11.3 Å². The molecular formula is C7H10N2S2. The van der Waals surface area contributed by atoms with Crippen molar-refractivity contribution in [3.05, 3.63) is 11.1 Å². The molecule has 1 aliphatic rings. The molecule has 0 atom stereocenters. The van der Waals surface area contributed by atoms with Crippen LogP contribution < -0.4 is 5.73 Å². The zero-order valence-electron chi connectivity index (χ0n) is 6.33. The highest BCUT2D eigenvalue weighted by Crippen LogP contribution is 2.45. The molecular weight excluding hydrogens is 176 g/mol. The summed E-state index contributed by atoms with van der Waals surface area (Å²) in [7, 11) is 0. The number of thioether (sulfide) groups is 1. The molecule has 0 aromatic carbocycles. The highest BCUT2D eigenvalue weighted by molar-refractivity contribution is 8.00. The normalized spacial score (nSPS) is 20.2. The molecule has 1 fully saturated rings. The predicted octanol–water partition coefficient (Wildman–Crippen LogP) is 1.81. The van der Waals surface area contributed by atoms with Gasteiger partial charge in [0.25, 0.3) is 0 Å². The minimum absolute atomic E-state index is 0.00560. The molecule has 0 amide bonds. The van der Waals surface area contributed by atoms with Crippen LogP contribution in [0.5, 0.6) is 0 Å². The third-order valence-electron chi connectivity index (χ3n) is 1.94. The molecule has 0 spiro atoms. The van der Waals surface area contributed by atoms with Crippen molar-refractivity contribution >= 4 is 23.1 Å². The molecule has 1 heterocycles. The first-order valence-electron chi connectivity index (χ1n) is 3.54. The Kier molecular flexibility index (Phi) is 1.70. The summed E-state index contributed by atoms with van der Waals surface area (Å²) in [4.78, 5) is 5.49. The van der Waals surface area contributed by atoms with E-state index in [4.69, 9.17) is 5.73 Å². The first-order valence-corrected chi connectivity index (χ1v) is 5.58. The number of hydrogen-bond donors (Lipinski definition) is 1. The minimum Gasteiger partial charge on any atom is -0.321 e. The van der Waals surface area contributed by atoms with Gasteiger partial charge in [-0.25, -0.2) is 4.98 Å². The van der Waals surface area contributed by atoms with Crippen molar-refractivity contribution in [2.24, 2.45) is 5.73 Å². The van der Waals surface area contributed by atoms with Gasteiger partial charge in [-0.1, -0.05) is 11.8 Å². The maximum absolute atomic E-state index is 6.00. The summed E-state index contributed by atoms with van der Waals surface area (Å²) in [6.07, 6.45) is 6.22. The second-order valence-corrected chi connectivity index (χ2v) is 4.93. The van der Waals surface area contributed by atoms with E-state index in [0.29, 0.717) is 0 Å². The first kappa shape index (κ1) is 7.58. The van der Waals surface area contributed by atoms with Crippen LogP contribution in [0.2, 0.25) is 0 Å². The van der Waals surface area contributed by atoms with Crippen LogP contribution in [0, 0.1) is 0 Å². The standard InChI is InChI=1S/C7H10N2S2/c1-10-6-9-4-5(11-6)7(8)2-3-7/h4H,2-3,8H2,1H3. The van der Waals surface area contributed by atoms with Crippen LogP contribution in [0.25, 0.3) is 0 Å². The van der Waals surface area contributed by atoms with E-state index in [-0.39, 0.29) is 5.54 Å². The lowest BCUT2D eigenvalue weighted by atomic mass is 10.3. The largest absolute Gasteiger partial charge is 0.321 e. The molecule has 0 saturated heterocycles. The minimum atomic E-state index is 0.00560. The maximum atomic E-state index is 6.00. The number of thiazole rings is 1. The molecule has 2 nitrogen and oxygen atoms in total. The van der Waals surface area contributed by atoms with Crippen LogP contribution >= 0.6 is 23.1 Å². The van der Waals surface area contributed by atoms with Crippen LogP contribution in [0.1, 0.15) is 17.7 Å². The quantitative estimate of drug-likeness (QED) is 0.716. The summed E-state index contributed by atoms with van der Waals surface area (Å²) in [5, 5.41) is 0. The van der Waals surface area contributed by atoms with E-state index in [2.05, 4.69) is 4.98 Å². The van der Waals surface area contributed by atoms with Crippen LogP contribution in [0.15, 0.2) is 10.5 Å². The van der Waals surface area contributed by atoms with Crippen LogP contribution in [-0.4, -0.2) is 11.2 Å². The Morgan fingerprint density at radius 1 is 1.73 bits per heavy atom. The van der Waals surface area contributed by atoms with E-state index < -0.39 is 0 Å². The third-order valence-corrected chi connectivity index (χ3v) is 4.16. The molecule has 1 saturated carbocycles. The topological polar surface area (TPSA) is 38.9 Å². The summed E-state index contributed by atoms with van der Waals surface area (Å²) < 4.78 is 1.12. The third kappa shape index (κ3) is 1.30. The molecule has 2 N–H and O–H groups in total. The number of aromatic nitrogens is 1. The Balaban J connectivity index is 2.25. The molecule has 4 heteroatoms. The zero-order chi connectivity index (χ0) is 7.90. The van der Waals surface area contributed by atoms with Crippen molar-refractivity contribution in [1.82, 2.24) is 4.98 Å². The average Bonchev–Trinajstić information content (AvgIpc) is 2.61. The summed E-state index contributed by atoms with van der Waals surface area (Å²) in [6.45, 7) is 0. The molecule has 0 bridgehead atoms. The van der Waals surface area contributed by atoms with E-state index in [0.717, 1.165) is 17.2 Å². The zero-order valence-corrected chi connectivity index (χ0v) is 7.97. The fourth-order valence-corrected chi connectivity index (χ4v) is 2.53. The lowest BCUT2D eigenvalue weighted by molar-refractivity contribution is 0.756. The molecule has 60 valence electrons. The van der Waals surface area contributed by atoms with Crippen molar-refractivity contribution in [3.63, 3.8) is 0 Å². The molecule has 1 aliphatic carbocycles. The van der Waals surface area contributed by atoms with Gasteiger partial charge >= 0.3 is 0 Å². The Labute approximate surface area is 74.2 Å². The van der Waals surface area contributed by atoms with Crippen molar-refractivity contribution in [2.45, 2.75) is 22.7 Å². The maximum Gasteiger partial charge on any atom is 0.149 e. The molecule has 0 unspecified atom stereocenters. The summed E-state index contributed by atoms with van der Waals surface area (Å²) in [5.41, 5.74) is 6.00. The van der Waals surface area contributed by atoms with Crippen LogP contribution in [0.3, 0.4) is 0 Å². The molecule has 0 aliphatic heterocycles. The summed E-state index contributed by atoms with van der Waals surface area (Å²) in [5.74, 6) is 0. The van der Waals surface area contributed by atoms with Crippen LogP contribution in [0.4, 0.5) is 0 Å². The van der Waals surface area contributed by atoms with Gasteiger partial charge in [0.05, 0.1) is 5.54 Å². The van der Waals surface area contributed by atoms with Gasteiger partial charge in [-0.2, -0.15) is 0 Å². The average molecular weight is 186 g/mol. The molecule has 2 rings (SSSR count). The van der Waals surface area contributed by atoms with Crippen molar-refractivity contribution < 1.29 is 0 Å². The lowest BCUT2D eigenvalue weighted by Crippen LogP contribution is -2.16. The van der Waals surface area contributed by atoms with E-state index in [1.165, 1.54) is 4.88 Å². The van der Waals surface area contributed by atoms with E-state index in [1.54, 1.807) is 23.1 Å². The van der Waals surface area contributed by atoms with Gasteiger partial charge in [0.2, 0.25) is 0 Å². The number of nitrogens with two attached hydrogens (primary N) is 1. The van der Waals surface area contributed by atoms with E-state index >= 15 is 0 Å². The van der Waals surface area contributed by atoms with E-state index in [9.17, 15) is 0 Å². The Morgan fingerprint density at radius 3 is 2.91 bits per heavy atom. The second-order valence-electron chi connectivity index (χ2n) is 2.85. The second kappa shape index (κ2) is 2.47. The molecule has 1 aromatic rings. The Bertz CT molecular complexity index is 265. The fraction of sp³-hybridized carbons (Fsp3) is 0.571. The van der Waals surface area contributed by atoms with Crippen molar-refractivity contribution in [3.8, 4) is 0 Å². The highest BCUT2D eigenvalue weighted by atomic mass is 32.2. The van der Waals surface area contributed by atoms with Crippen molar-refractivity contribution in [2.75, 3.05) is 6.26 Å². The van der Waals surface area contributed by atoms with Gasteiger partial charge in [0, 0.05) is 11.1 Å².